The third kappa shape index (κ3) is 8.39. The molecule has 0 radical (unpaired) electrons. The molecule has 9 nitrogen and oxygen atoms in total. The van der Waals surface area contributed by atoms with Crippen molar-refractivity contribution in [3.8, 4) is 11.5 Å². The minimum atomic E-state index is -3.65. The maximum Gasteiger partial charge on any atom is 0.243 e. The molecule has 0 saturated heterocycles. The summed E-state index contributed by atoms with van der Waals surface area (Å²) in [7, 11) is -3.65. The van der Waals surface area contributed by atoms with Gasteiger partial charge in [0.05, 0.1) is 11.9 Å². The highest BCUT2D eigenvalue weighted by atomic mass is 35.5. The molecule has 1 N–H and O–H groups in total. The maximum absolute atomic E-state index is 13.9. The van der Waals surface area contributed by atoms with Crippen LogP contribution in [0.5, 0.6) is 11.5 Å². The largest absolute Gasteiger partial charge is 0.454 e. The van der Waals surface area contributed by atoms with E-state index in [2.05, 4.69) is 5.32 Å². The molecule has 42 heavy (non-hydrogen) atoms. The van der Waals surface area contributed by atoms with E-state index in [4.69, 9.17) is 21.1 Å². The zero-order valence-electron chi connectivity index (χ0n) is 23.8. The van der Waals surface area contributed by atoms with E-state index < -0.39 is 16.1 Å². The number of carbonyl (C=O) groups excluding carboxylic acids is 2. The molecule has 0 aliphatic carbocycles. The third-order valence-corrected chi connectivity index (χ3v) is 8.33. The summed E-state index contributed by atoms with van der Waals surface area (Å²) in [6, 6.07) is 20.9. The van der Waals surface area contributed by atoms with Gasteiger partial charge in [-0.3, -0.25) is 13.9 Å². The van der Waals surface area contributed by atoms with Crippen molar-refractivity contribution in [2.24, 2.45) is 0 Å². The molecule has 1 aliphatic rings. The second-order valence-electron chi connectivity index (χ2n) is 10.1. The van der Waals surface area contributed by atoms with Crippen molar-refractivity contribution >= 4 is 39.1 Å². The number of fused-ring (bicyclic) bond motifs is 1. The van der Waals surface area contributed by atoms with Crippen LogP contribution in [0.2, 0.25) is 5.02 Å². The molecule has 0 saturated carbocycles. The average molecular weight is 614 g/mol. The van der Waals surface area contributed by atoms with Crippen LogP contribution in [0.4, 0.5) is 5.69 Å². The summed E-state index contributed by atoms with van der Waals surface area (Å²) in [5.74, 6) is 0.525. The number of hydrogen-bond donors (Lipinski definition) is 1. The molecule has 1 atom stereocenters. The van der Waals surface area contributed by atoms with Gasteiger partial charge in [0.15, 0.2) is 11.5 Å². The smallest absolute Gasteiger partial charge is 0.243 e. The molecule has 224 valence electrons. The van der Waals surface area contributed by atoms with Gasteiger partial charge < -0.3 is 19.7 Å². The lowest BCUT2D eigenvalue weighted by Crippen LogP contribution is -2.50. The van der Waals surface area contributed by atoms with Crippen molar-refractivity contribution < 1.29 is 27.5 Å². The molecule has 0 bridgehead atoms. The lowest BCUT2D eigenvalue weighted by atomic mass is 10.0. The van der Waals surface area contributed by atoms with Gasteiger partial charge >= 0.3 is 0 Å². The van der Waals surface area contributed by atoms with E-state index in [0.717, 1.165) is 23.8 Å². The first-order valence-corrected chi connectivity index (χ1v) is 16.1. The number of benzene rings is 3. The first-order valence-electron chi connectivity index (χ1n) is 13.9. The minimum absolute atomic E-state index is 0.0382. The van der Waals surface area contributed by atoms with Crippen LogP contribution >= 0.6 is 11.6 Å². The summed E-state index contributed by atoms with van der Waals surface area (Å²) in [6.07, 6.45) is 2.50. The summed E-state index contributed by atoms with van der Waals surface area (Å²) < 4.78 is 37.4. The number of rotatable bonds is 14. The molecular weight excluding hydrogens is 578 g/mol. The summed E-state index contributed by atoms with van der Waals surface area (Å²) in [5.41, 5.74) is 2.18. The standard InChI is InChI=1S/C31H36ClN3O6S/c1-3-17-33-31(37)27(19-23-8-5-4-6-9-23)34(21-24-11-13-25(32)14-12-24)30(36)10-7-18-35(42(2,38)39)26-15-16-28-29(20-26)41-22-40-28/h4-6,8-9,11-16,20,27H,3,7,10,17-19,21-22H2,1-2H3,(H,33,37)/t27-/m1/s1. The van der Waals surface area contributed by atoms with Gasteiger partial charge in [-0.15, -0.1) is 0 Å². The SMILES string of the molecule is CCCNC(=O)[C@@H](Cc1ccccc1)N(Cc1ccc(Cl)cc1)C(=O)CCCN(c1ccc2c(c1)OCO2)S(C)(=O)=O. The van der Waals surface area contributed by atoms with Crippen LogP contribution in [-0.4, -0.2) is 57.3 Å². The van der Waals surface area contributed by atoms with E-state index in [-0.39, 0.29) is 44.5 Å². The first kappa shape index (κ1) is 31.2. The van der Waals surface area contributed by atoms with E-state index in [1.54, 1.807) is 35.2 Å². The molecule has 0 unspecified atom stereocenters. The number of halogens is 1. The molecule has 1 heterocycles. The Balaban J connectivity index is 1.56. The molecule has 0 fully saturated rings. The van der Waals surface area contributed by atoms with E-state index in [0.29, 0.717) is 35.2 Å². The van der Waals surface area contributed by atoms with E-state index in [1.165, 1.54) is 4.31 Å². The second-order valence-corrected chi connectivity index (χ2v) is 12.5. The number of ether oxygens (including phenoxy) is 2. The zero-order chi connectivity index (χ0) is 30.1. The average Bonchev–Trinajstić information content (AvgIpc) is 3.44. The Labute approximate surface area is 252 Å². The van der Waals surface area contributed by atoms with Gasteiger partial charge in [-0.25, -0.2) is 8.42 Å². The monoisotopic (exact) mass is 613 g/mol. The molecule has 0 spiro atoms. The Kier molecular flexibility index (Phi) is 10.7. The number of hydrogen-bond acceptors (Lipinski definition) is 6. The highest BCUT2D eigenvalue weighted by molar-refractivity contribution is 7.92. The minimum Gasteiger partial charge on any atom is -0.454 e. The number of amides is 2. The van der Waals surface area contributed by atoms with E-state index in [1.807, 2.05) is 49.4 Å². The Morgan fingerprint density at radius 2 is 1.69 bits per heavy atom. The van der Waals surface area contributed by atoms with E-state index >= 15 is 0 Å². The Morgan fingerprint density at radius 3 is 2.38 bits per heavy atom. The third-order valence-electron chi connectivity index (χ3n) is 6.88. The first-order chi connectivity index (χ1) is 20.2. The number of sulfonamides is 1. The van der Waals surface area contributed by atoms with Crippen molar-refractivity contribution in [3.05, 3.63) is 88.9 Å². The van der Waals surface area contributed by atoms with Gasteiger partial charge in [0.2, 0.25) is 28.6 Å². The summed E-state index contributed by atoms with van der Waals surface area (Å²) >= 11 is 6.09. The molecule has 3 aromatic carbocycles. The normalized spacial score (nSPS) is 12.9. The predicted molar refractivity (Wildman–Crippen MR) is 163 cm³/mol. The second kappa shape index (κ2) is 14.4. The highest BCUT2D eigenvalue weighted by Crippen LogP contribution is 2.36. The molecule has 1 aliphatic heterocycles. The fourth-order valence-electron chi connectivity index (χ4n) is 4.75. The Bertz CT molecular complexity index is 1470. The number of nitrogens with zero attached hydrogens (tertiary/aromatic N) is 2. The highest BCUT2D eigenvalue weighted by Gasteiger charge is 2.30. The zero-order valence-corrected chi connectivity index (χ0v) is 25.4. The quantitative estimate of drug-likeness (QED) is 0.281. The van der Waals surface area contributed by atoms with Crippen molar-refractivity contribution in [1.29, 1.82) is 0 Å². The summed E-state index contributed by atoms with van der Waals surface area (Å²) in [5, 5.41) is 3.53. The van der Waals surface area contributed by atoms with Crippen LogP contribution in [0.1, 0.15) is 37.3 Å². The van der Waals surface area contributed by atoms with Crippen LogP contribution in [-0.2, 0) is 32.6 Å². The van der Waals surface area contributed by atoms with Gasteiger partial charge in [-0.05, 0) is 48.2 Å². The lowest BCUT2D eigenvalue weighted by molar-refractivity contribution is -0.141. The number of nitrogens with one attached hydrogen (secondary N) is 1. The topological polar surface area (TPSA) is 105 Å². The van der Waals surface area contributed by atoms with Gasteiger partial charge in [-0.2, -0.15) is 0 Å². The van der Waals surface area contributed by atoms with Crippen LogP contribution < -0.4 is 19.1 Å². The van der Waals surface area contributed by atoms with Crippen LogP contribution in [0, 0.1) is 0 Å². The number of anilines is 1. The fourth-order valence-corrected chi connectivity index (χ4v) is 5.83. The van der Waals surface area contributed by atoms with Crippen molar-refractivity contribution in [2.45, 2.75) is 45.2 Å². The molecule has 4 rings (SSSR count). The van der Waals surface area contributed by atoms with Crippen LogP contribution in [0.3, 0.4) is 0 Å². The summed E-state index contributed by atoms with van der Waals surface area (Å²) in [4.78, 5) is 28.9. The Hall–Kier alpha value is -3.76. The van der Waals surface area contributed by atoms with Gasteiger partial charge in [-0.1, -0.05) is 61.0 Å². The summed E-state index contributed by atoms with van der Waals surface area (Å²) in [6.45, 7) is 2.81. The number of carbonyl (C=O) groups is 2. The molecule has 2 amide bonds. The van der Waals surface area contributed by atoms with Crippen LogP contribution in [0.25, 0.3) is 0 Å². The molecular formula is C31H36ClN3O6S. The molecule has 0 aromatic heterocycles. The van der Waals surface area contributed by atoms with Crippen molar-refractivity contribution in [1.82, 2.24) is 10.2 Å². The maximum atomic E-state index is 13.9. The van der Waals surface area contributed by atoms with E-state index in [9.17, 15) is 18.0 Å². The lowest BCUT2D eigenvalue weighted by Gasteiger charge is -2.32. The van der Waals surface area contributed by atoms with Crippen molar-refractivity contribution in [2.75, 3.05) is 30.4 Å². The van der Waals surface area contributed by atoms with Gasteiger partial charge in [0.1, 0.15) is 6.04 Å². The molecule has 3 aromatic rings. The fraction of sp³-hybridized carbons (Fsp3) is 0.355. The van der Waals surface area contributed by atoms with Crippen LogP contribution in [0.15, 0.2) is 72.8 Å². The van der Waals surface area contributed by atoms with Gasteiger partial charge in [0.25, 0.3) is 0 Å². The Morgan fingerprint density at radius 1 is 0.976 bits per heavy atom. The van der Waals surface area contributed by atoms with Gasteiger partial charge in [0, 0.05) is 43.6 Å². The predicted octanol–water partition coefficient (Wildman–Crippen LogP) is 4.78. The molecule has 11 heteroatoms. The van der Waals surface area contributed by atoms with Crippen molar-refractivity contribution in [3.63, 3.8) is 0 Å².